The van der Waals surface area contributed by atoms with Crippen molar-refractivity contribution < 1.29 is 4.42 Å². The van der Waals surface area contributed by atoms with Crippen molar-refractivity contribution in [3.63, 3.8) is 0 Å². The topological polar surface area (TPSA) is 116 Å². The van der Waals surface area contributed by atoms with Crippen molar-refractivity contribution in [2.45, 2.75) is 0 Å². The van der Waals surface area contributed by atoms with Gasteiger partial charge in [-0.25, -0.2) is 4.99 Å². The van der Waals surface area contributed by atoms with Crippen molar-refractivity contribution in [1.82, 2.24) is 0 Å². The molecule has 6 heteroatoms. The first-order valence-corrected chi connectivity index (χ1v) is 4.57. The second kappa shape index (κ2) is 3.93. The number of benzene rings is 1. The quantitative estimate of drug-likeness (QED) is 0.480. The van der Waals surface area contributed by atoms with Gasteiger partial charge in [0.15, 0.2) is 11.5 Å². The molecule has 0 saturated heterocycles. The Morgan fingerprint density at radius 2 is 1.94 bits per heavy atom. The number of fused-ring (bicyclic) bond motifs is 1. The average molecular weight is 217 g/mol. The lowest BCUT2D eigenvalue weighted by molar-refractivity contribution is 0.616. The maximum Gasteiger partial charge on any atom is 0.223 e. The van der Waals surface area contributed by atoms with Crippen LogP contribution in [0.2, 0.25) is 0 Å². The van der Waals surface area contributed by atoms with Gasteiger partial charge in [0.2, 0.25) is 5.96 Å². The summed E-state index contributed by atoms with van der Waals surface area (Å²) in [5, 5.41) is 0.943. The van der Waals surface area contributed by atoms with Crippen LogP contribution in [0, 0.1) is 0 Å². The minimum Gasteiger partial charge on any atom is -0.462 e. The van der Waals surface area contributed by atoms with Gasteiger partial charge in [0, 0.05) is 5.39 Å². The minimum absolute atomic E-state index is 0.0103. The van der Waals surface area contributed by atoms with E-state index in [1.807, 2.05) is 18.2 Å². The normalized spacial score (nSPS) is 11.6. The monoisotopic (exact) mass is 217 g/mol. The lowest BCUT2D eigenvalue weighted by atomic mass is 10.2. The van der Waals surface area contributed by atoms with Crippen LogP contribution >= 0.6 is 0 Å². The van der Waals surface area contributed by atoms with E-state index in [2.05, 4.69) is 9.98 Å². The summed E-state index contributed by atoms with van der Waals surface area (Å²) >= 11 is 0. The number of hydrogen-bond acceptors (Lipinski definition) is 2. The molecule has 0 fully saturated rings. The Morgan fingerprint density at radius 1 is 1.12 bits per heavy atom. The third kappa shape index (κ3) is 1.95. The third-order valence-corrected chi connectivity index (χ3v) is 1.94. The van der Waals surface area contributed by atoms with Gasteiger partial charge in [0.25, 0.3) is 0 Å². The number of furan rings is 1. The number of nitrogens with two attached hydrogens (primary N) is 3. The maximum absolute atomic E-state index is 5.53. The molecule has 0 aliphatic rings. The van der Waals surface area contributed by atoms with Crippen molar-refractivity contribution in [2.24, 2.45) is 27.2 Å². The Bertz CT molecular complexity index is 565. The first kappa shape index (κ1) is 10.0. The van der Waals surface area contributed by atoms with Crippen molar-refractivity contribution in [1.29, 1.82) is 0 Å². The predicted molar refractivity (Wildman–Crippen MR) is 63.3 cm³/mol. The first-order chi connectivity index (χ1) is 7.66. The average Bonchev–Trinajstić information content (AvgIpc) is 2.65. The molecule has 82 valence electrons. The van der Waals surface area contributed by atoms with Gasteiger partial charge < -0.3 is 21.6 Å². The van der Waals surface area contributed by atoms with E-state index in [0.29, 0.717) is 11.3 Å². The highest BCUT2D eigenvalue weighted by Gasteiger charge is 2.02. The molecule has 1 heterocycles. The Kier molecular flexibility index (Phi) is 2.47. The molecule has 6 nitrogen and oxygen atoms in total. The summed E-state index contributed by atoms with van der Waals surface area (Å²) in [6.45, 7) is 0. The van der Waals surface area contributed by atoms with E-state index in [9.17, 15) is 0 Å². The zero-order valence-electron chi connectivity index (χ0n) is 8.42. The SMILES string of the molecule is NC(N)=NC(N)=Nc1cccc2ccoc12. The predicted octanol–water partition coefficient (Wildman–Crippen LogP) is 0.652. The number of para-hydroxylation sites is 1. The zero-order chi connectivity index (χ0) is 11.5. The van der Waals surface area contributed by atoms with Gasteiger partial charge in [0.1, 0.15) is 5.69 Å². The minimum atomic E-state index is -0.132. The van der Waals surface area contributed by atoms with Gasteiger partial charge in [-0.15, -0.1) is 0 Å². The second-order valence-electron chi connectivity index (χ2n) is 3.12. The number of guanidine groups is 2. The summed E-state index contributed by atoms with van der Waals surface area (Å²) < 4.78 is 5.28. The van der Waals surface area contributed by atoms with Crippen LogP contribution < -0.4 is 17.2 Å². The molecule has 6 N–H and O–H groups in total. The first-order valence-electron chi connectivity index (χ1n) is 4.57. The second-order valence-corrected chi connectivity index (χ2v) is 3.12. The zero-order valence-corrected chi connectivity index (χ0v) is 8.42. The number of rotatable bonds is 1. The van der Waals surface area contributed by atoms with Gasteiger partial charge in [-0.3, -0.25) is 0 Å². The highest BCUT2D eigenvalue weighted by molar-refractivity contribution is 5.96. The Morgan fingerprint density at radius 3 is 2.69 bits per heavy atom. The van der Waals surface area contributed by atoms with Crippen molar-refractivity contribution in [2.75, 3.05) is 0 Å². The largest absolute Gasteiger partial charge is 0.462 e. The summed E-state index contributed by atoms with van der Waals surface area (Å²) in [6.07, 6.45) is 1.58. The van der Waals surface area contributed by atoms with Crippen LogP contribution in [0.25, 0.3) is 11.0 Å². The van der Waals surface area contributed by atoms with E-state index in [1.54, 1.807) is 12.3 Å². The van der Waals surface area contributed by atoms with E-state index in [4.69, 9.17) is 21.6 Å². The molecule has 1 aromatic heterocycles. The van der Waals surface area contributed by atoms with Crippen LogP contribution in [-0.2, 0) is 0 Å². The van der Waals surface area contributed by atoms with E-state index >= 15 is 0 Å². The fraction of sp³-hybridized carbons (Fsp3) is 0. The van der Waals surface area contributed by atoms with Gasteiger partial charge in [-0.05, 0) is 12.1 Å². The molecule has 1 aromatic carbocycles. The summed E-state index contributed by atoms with van der Waals surface area (Å²) in [5.41, 5.74) is 17.1. The molecule has 0 saturated carbocycles. The van der Waals surface area contributed by atoms with Crippen LogP contribution in [0.1, 0.15) is 0 Å². The van der Waals surface area contributed by atoms with Crippen LogP contribution in [0.3, 0.4) is 0 Å². The Balaban J connectivity index is 2.48. The molecular formula is C10H11N5O. The molecule has 0 spiro atoms. The molecule has 0 atom stereocenters. The maximum atomic E-state index is 5.53. The fourth-order valence-corrected chi connectivity index (χ4v) is 1.35. The third-order valence-electron chi connectivity index (χ3n) is 1.94. The molecule has 2 rings (SSSR count). The van der Waals surface area contributed by atoms with Crippen molar-refractivity contribution >= 4 is 28.6 Å². The highest BCUT2D eigenvalue weighted by Crippen LogP contribution is 2.26. The molecule has 0 bridgehead atoms. The van der Waals surface area contributed by atoms with Crippen molar-refractivity contribution in [3.05, 3.63) is 30.5 Å². The number of aliphatic imine (C=N–C) groups is 2. The van der Waals surface area contributed by atoms with Crippen LogP contribution in [0.15, 0.2) is 44.9 Å². The standard InChI is InChI=1S/C10H11N5O/c11-9(12)15-10(13)14-7-3-1-2-6-4-5-16-8(6)7/h1-5H,(H6,11,12,13,14,15). The van der Waals surface area contributed by atoms with Crippen molar-refractivity contribution in [3.8, 4) is 0 Å². The molecule has 0 aliphatic carbocycles. The van der Waals surface area contributed by atoms with Crippen LogP contribution in [0.4, 0.5) is 5.69 Å². The fourth-order valence-electron chi connectivity index (χ4n) is 1.35. The molecule has 16 heavy (non-hydrogen) atoms. The molecule has 0 unspecified atom stereocenters. The van der Waals surface area contributed by atoms with Crippen LogP contribution in [0.5, 0.6) is 0 Å². The molecular weight excluding hydrogens is 206 g/mol. The molecule has 0 aliphatic heterocycles. The summed E-state index contributed by atoms with van der Waals surface area (Å²) in [6, 6.07) is 7.36. The summed E-state index contributed by atoms with van der Waals surface area (Å²) in [4.78, 5) is 7.67. The Hall–Kier alpha value is -2.50. The summed E-state index contributed by atoms with van der Waals surface area (Å²) in [5.74, 6) is -0.142. The Labute approximate surface area is 91.4 Å². The molecule has 0 radical (unpaired) electrons. The number of nitrogens with zero attached hydrogens (tertiary/aromatic N) is 2. The molecule has 2 aromatic rings. The van der Waals surface area contributed by atoms with Gasteiger partial charge >= 0.3 is 0 Å². The van der Waals surface area contributed by atoms with E-state index in [0.717, 1.165) is 5.39 Å². The van der Waals surface area contributed by atoms with Gasteiger partial charge in [0.05, 0.1) is 6.26 Å². The van der Waals surface area contributed by atoms with E-state index < -0.39 is 0 Å². The molecule has 0 amide bonds. The number of hydrogen-bond donors (Lipinski definition) is 3. The van der Waals surface area contributed by atoms with E-state index in [-0.39, 0.29) is 11.9 Å². The lowest BCUT2D eigenvalue weighted by Crippen LogP contribution is -2.26. The smallest absolute Gasteiger partial charge is 0.223 e. The lowest BCUT2D eigenvalue weighted by Gasteiger charge is -1.96. The van der Waals surface area contributed by atoms with Crippen LogP contribution in [-0.4, -0.2) is 11.9 Å². The van der Waals surface area contributed by atoms with E-state index in [1.165, 1.54) is 0 Å². The van der Waals surface area contributed by atoms with Gasteiger partial charge in [-0.1, -0.05) is 12.1 Å². The highest BCUT2D eigenvalue weighted by atomic mass is 16.3. The van der Waals surface area contributed by atoms with Gasteiger partial charge in [-0.2, -0.15) is 4.99 Å². The summed E-state index contributed by atoms with van der Waals surface area (Å²) in [7, 11) is 0.